The van der Waals surface area contributed by atoms with Gasteiger partial charge in [-0.25, -0.2) is 0 Å². The van der Waals surface area contributed by atoms with Crippen molar-refractivity contribution in [3.05, 3.63) is 24.3 Å². The number of anilines is 1. The van der Waals surface area contributed by atoms with Gasteiger partial charge in [-0.1, -0.05) is 6.07 Å². The third-order valence-corrected chi connectivity index (χ3v) is 2.18. The van der Waals surface area contributed by atoms with E-state index >= 15 is 0 Å². The van der Waals surface area contributed by atoms with Gasteiger partial charge in [0.05, 0.1) is 6.54 Å². The third-order valence-electron chi connectivity index (χ3n) is 2.18. The van der Waals surface area contributed by atoms with Crippen LogP contribution in [0.15, 0.2) is 24.3 Å². The number of amides is 1. The Morgan fingerprint density at radius 1 is 1.47 bits per heavy atom. The van der Waals surface area contributed by atoms with Crippen LogP contribution in [0.5, 0.6) is 5.75 Å². The fraction of sp³-hybridized carbons (Fsp3) is 0.417. The van der Waals surface area contributed by atoms with E-state index in [1.54, 1.807) is 31.1 Å². The molecule has 0 aromatic heterocycles. The number of carbonyl (C=O) groups is 1. The fourth-order valence-electron chi connectivity index (χ4n) is 1.20. The van der Waals surface area contributed by atoms with E-state index in [1.807, 2.05) is 12.1 Å². The largest absolute Gasteiger partial charge is 0.492 e. The SMILES string of the molecule is CN(C)C(=O)CNCCOc1cccc(N)c1. The van der Waals surface area contributed by atoms with E-state index in [4.69, 9.17) is 10.5 Å². The maximum atomic E-state index is 11.2. The summed E-state index contributed by atoms with van der Waals surface area (Å²) >= 11 is 0. The minimum Gasteiger partial charge on any atom is -0.492 e. The zero-order valence-electron chi connectivity index (χ0n) is 10.3. The molecule has 0 aliphatic rings. The number of likely N-dealkylation sites (N-methyl/N-ethyl adjacent to an activating group) is 1. The van der Waals surface area contributed by atoms with Crippen molar-refractivity contribution < 1.29 is 9.53 Å². The lowest BCUT2D eigenvalue weighted by Crippen LogP contribution is -2.34. The first-order valence-corrected chi connectivity index (χ1v) is 5.49. The van der Waals surface area contributed by atoms with Crippen molar-refractivity contribution in [3.8, 4) is 5.75 Å². The molecule has 0 atom stereocenters. The number of nitrogens with two attached hydrogens (primary N) is 1. The summed E-state index contributed by atoms with van der Waals surface area (Å²) < 4.78 is 5.46. The van der Waals surface area contributed by atoms with Gasteiger partial charge in [0.1, 0.15) is 12.4 Å². The standard InChI is InChI=1S/C12H19N3O2/c1-15(2)12(16)9-14-6-7-17-11-5-3-4-10(13)8-11/h3-5,8,14H,6-7,9,13H2,1-2H3. The van der Waals surface area contributed by atoms with Gasteiger partial charge in [0.2, 0.25) is 5.91 Å². The summed E-state index contributed by atoms with van der Waals surface area (Å²) in [6.45, 7) is 1.45. The second-order valence-corrected chi connectivity index (χ2v) is 3.89. The Labute approximate surface area is 102 Å². The molecule has 0 aliphatic carbocycles. The average Bonchev–Trinajstić information content (AvgIpc) is 2.28. The molecule has 0 radical (unpaired) electrons. The molecule has 1 amide bonds. The first-order chi connectivity index (χ1) is 8.09. The van der Waals surface area contributed by atoms with Crippen LogP contribution in [0.25, 0.3) is 0 Å². The molecule has 0 saturated carbocycles. The molecule has 0 saturated heterocycles. The highest BCUT2D eigenvalue weighted by molar-refractivity contribution is 5.77. The van der Waals surface area contributed by atoms with Gasteiger partial charge in [0.25, 0.3) is 0 Å². The molecule has 5 nitrogen and oxygen atoms in total. The molecule has 0 heterocycles. The number of nitrogens with one attached hydrogen (secondary N) is 1. The van der Waals surface area contributed by atoms with Crippen LogP contribution in [0.1, 0.15) is 0 Å². The number of nitrogens with zero attached hydrogens (tertiary/aromatic N) is 1. The van der Waals surface area contributed by atoms with E-state index in [0.29, 0.717) is 25.4 Å². The van der Waals surface area contributed by atoms with E-state index in [9.17, 15) is 4.79 Å². The van der Waals surface area contributed by atoms with Gasteiger partial charge in [-0.15, -0.1) is 0 Å². The number of benzene rings is 1. The minimum atomic E-state index is 0.0500. The quantitative estimate of drug-likeness (QED) is 0.552. The second-order valence-electron chi connectivity index (χ2n) is 3.89. The van der Waals surface area contributed by atoms with Crippen LogP contribution in [0.2, 0.25) is 0 Å². The lowest BCUT2D eigenvalue weighted by Gasteiger charge is -2.11. The van der Waals surface area contributed by atoms with Gasteiger partial charge in [-0.2, -0.15) is 0 Å². The topological polar surface area (TPSA) is 67.6 Å². The predicted octanol–water partition coefficient (Wildman–Crippen LogP) is 0.325. The Balaban J connectivity index is 2.14. The summed E-state index contributed by atoms with van der Waals surface area (Å²) in [6, 6.07) is 7.26. The van der Waals surface area contributed by atoms with E-state index in [1.165, 1.54) is 0 Å². The van der Waals surface area contributed by atoms with Crippen LogP contribution in [-0.4, -0.2) is 44.6 Å². The lowest BCUT2D eigenvalue weighted by molar-refractivity contribution is -0.127. The van der Waals surface area contributed by atoms with Crippen molar-refractivity contribution in [3.63, 3.8) is 0 Å². The normalized spacial score (nSPS) is 10.0. The lowest BCUT2D eigenvalue weighted by atomic mass is 10.3. The zero-order chi connectivity index (χ0) is 12.7. The molecular formula is C12H19N3O2. The van der Waals surface area contributed by atoms with Gasteiger partial charge < -0.3 is 20.7 Å². The third kappa shape index (κ3) is 5.21. The smallest absolute Gasteiger partial charge is 0.236 e. The van der Waals surface area contributed by atoms with Crippen LogP contribution in [0, 0.1) is 0 Å². The van der Waals surface area contributed by atoms with Gasteiger partial charge >= 0.3 is 0 Å². The maximum absolute atomic E-state index is 11.2. The number of ether oxygens (including phenoxy) is 1. The van der Waals surface area contributed by atoms with Crippen molar-refractivity contribution >= 4 is 11.6 Å². The number of carbonyl (C=O) groups excluding carboxylic acids is 1. The van der Waals surface area contributed by atoms with Crippen molar-refractivity contribution in [2.45, 2.75) is 0 Å². The highest BCUT2D eigenvalue weighted by Crippen LogP contribution is 2.13. The Morgan fingerprint density at radius 2 is 2.24 bits per heavy atom. The molecule has 1 rings (SSSR count). The van der Waals surface area contributed by atoms with Crippen molar-refractivity contribution in [2.24, 2.45) is 0 Å². The number of nitrogen functional groups attached to an aromatic ring is 1. The summed E-state index contributed by atoms with van der Waals surface area (Å²) in [5.41, 5.74) is 6.30. The van der Waals surface area contributed by atoms with E-state index in [-0.39, 0.29) is 5.91 Å². The Morgan fingerprint density at radius 3 is 2.88 bits per heavy atom. The zero-order valence-corrected chi connectivity index (χ0v) is 10.3. The van der Waals surface area contributed by atoms with Gasteiger partial charge in [-0.05, 0) is 12.1 Å². The van der Waals surface area contributed by atoms with E-state index < -0.39 is 0 Å². The van der Waals surface area contributed by atoms with Crippen LogP contribution in [0.3, 0.4) is 0 Å². The van der Waals surface area contributed by atoms with Crippen molar-refractivity contribution in [2.75, 3.05) is 39.5 Å². The molecule has 5 heteroatoms. The fourth-order valence-corrected chi connectivity index (χ4v) is 1.20. The van der Waals surface area contributed by atoms with Crippen LogP contribution >= 0.6 is 0 Å². The summed E-state index contributed by atoms with van der Waals surface area (Å²) in [5, 5.41) is 3.00. The Bertz CT molecular complexity index is 367. The van der Waals surface area contributed by atoms with E-state index in [2.05, 4.69) is 5.32 Å². The first-order valence-electron chi connectivity index (χ1n) is 5.49. The number of rotatable bonds is 6. The van der Waals surface area contributed by atoms with Crippen LogP contribution in [0.4, 0.5) is 5.69 Å². The molecule has 0 bridgehead atoms. The Hall–Kier alpha value is -1.75. The summed E-state index contributed by atoms with van der Waals surface area (Å²) in [7, 11) is 3.46. The molecule has 0 spiro atoms. The number of hydrogen-bond donors (Lipinski definition) is 2. The highest BCUT2D eigenvalue weighted by atomic mass is 16.5. The maximum Gasteiger partial charge on any atom is 0.236 e. The number of hydrogen-bond acceptors (Lipinski definition) is 4. The van der Waals surface area contributed by atoms with Gasteiger partial charge in [0, 0.05) is 32.4 Å². The molecule has 1 aromatic carbocycles. The van der Waals surface area contributed by atoms with Crippen molar-refractivity contribution in [1.29, 1.82) is 0 Å². The molecule has 0 unspecified atom stereocenters. The van der Waals surface area contributed by atoms with Crippen LogP contribution < -0.4 is 15.8 Å². The summed E-state index contributed by atoms with van der Waals surface area (Å²) in [6.07, 6.45) is 0. The minimum absolute atomic E-state index is 0.0500. The average molecular weight is 237 g/mol. The molecule has 0 fully saturated rings. The molecule has 0 aliphatic heterocycles. The molecule has 3 N–H and O–H groups in total. The summed E-state index contributed by atoms with van der Waals surface area (Å²) in [5.74, 6) is 0.791. The van der Waals surface area contributed by atoms with Gasteiger partial charge in [0.15, 0.2) is 0 Å². The molecular weight excluding hydrogens is 218 g/mol. The molecule has 1 aromatic rings. The second kappa shape index (κ2) is 6.75. The highest BCUT2D eigenvalue weighted by Gasteiger charge is 2.01. The van der Waals surface area contributed by atoms with E-state index in [0.717, 1.165) is 5.75 Å². The van der Waals surface area contributed by atoms with Gasteiger partial charge in [-0.3, -0.25) is 4.79 Å². The molecule has 17 heavy (non-hydrogen) atoms. The summed E-state index contributed by atoms with van der Waals surface area (Å²) in [4.78, 5) is 12.8. The van der Waals surface area contributed by atoms with Crippen LogP contribution in [-0.2, 0) is 4.79 Å². The Kier molecular flexibility index (Phi) is 5.29. The monoisotopic (exact) mass is 237 g/mol. The first kappa shape index (κ1) is 13.3. The predicted molar refractivity (Wildman–Crippen MR) is 67.9 cm³/mol. The molecule has 94 valence electrons. The van der Waals surface area contributed by atoms with Crippen molar-refractivity contribution in [1.82, 2.24) is 10.2 Å².